The van der Waals surface area contributed by atoms with Crippen molar-refractivity contribution in [3.05, 3.63) is 262 Å². The van der Waals surface area contributed by atoms with Crippen molar-refractivity contribution in [3.8, 4) is 44.5 Å². The minimum absolute atomic E-state index is 0.0181. The van der Waals surface area contributed by atoms with Gasteiger partial charge < -0.3 is 49.3 Å². The normalized spacial score (nSPS) is 11.8. The van der Waals surface area contributed by atoms with E-state index in [2.05, 4.69) is 82.8 Å². The molecule has 2 aliphatic rings. The van der Waals surface area contributed by atoms with E-state index in [0.717, 1.165) is 160 Å². The number of pyridine rings is 4. The number of nitrogens with zero attached hydrogens (tertiary/aromatic N) is 6. The first-order valence-electron chi connectivity index (χ1n) is 38.4. The number of benzene rings is 4. The lowest BCUT2D eigenvalue weighted by molar-refractivity contribution is 0.0908. The molecule has 0 fully saturated rings. The number of hydrogen-bond acceptors (Lipinski definition) is 22. The van der Waals surface area contributed by atoms with Gasteiger partial charge in [-0.05, 0) is 247 Å². The second-order valence-electron chi connectivity index (χ2n) is 27.6. The van der Waals surface area contributed by atoms with Crippen LogP contribution in [0.15, 0.2) is 214 Å². The minimum Gasteiger partial charge on any atom is -0.394 e. The number of ether oxygens (including phenoxy) is 4. The van der Waals surface area contributed by atoms with Crippen molar-refractivity contribution < 1.29 is 91.3 Å². The molecule has 120 heavy (non-hydrogen) atoms. The average molecular weight is 1720 g/mol. The predicted molar refractivity (Wildman–Crippen MR) is 461 cm³/mol. The molecule has 4 aromatic carbocycles. The third kappa shape index (κ3) is 28.8. The molecule has 0 radical (unpaired) electrons. The highest BCUT2D eigenvalue weighted by molar-refractivity contribution is 7.86. The number of H-pyrrole nitrogens is 2. The number of aromatic amines is 2. The number of fused-ring (bicyclic) bond motifs is 8. The third-order valence-electron chi connectivity index (χ3n) is 18.3. The van der Waals surface area contributed by atoms with Crippen LogP contribution in [0.25, 0.3) is 90.9 Å². The summed E-state index contributed by atoms with van der Waals surface area (Å²) in [7, 11) is -16.1. The maximum Gasteiger partial charge on any atom is 0.294 e. The molecule has 28 nitrogen and oxygen atoms in total. The molecule has 32 heteroatoms. The van der Waals surface area contributed by atoms with Gasteiger partial charge in [0.1, 0.15) is 0 Å². The Labute approximate surface area is 698 Å². The highest BCUT2D eigenvalue weighted by atomic mass is 32.2. The van der Waals surface area contributed by atoms with Crippen LogP contribution < -0.4 is 0 Å². The lowest BCUT2D eigenvalue weighted by atomic mass is 10.0. The molecule has 0 spiro atoms. The van der Waals surface area contributed by atoms with Crippen LogP contribution in [0.3, 0.4) is 0 Å². The van der Waals surface area contributed by atoms with Crippen LogP contribution in [0.2, 0.25) is 0 Å². The molecule has 7 aromatic heterocycles. The van der Waals surface area contributed by atoms with Crippen LogP contribution in [0.1, 0.15) is 93.5 Å². The molecular weight excluding hydrogens is 1620 g/mol. The van der Waals surface area contributed by atoms with Gasteiger partial charge in [-0.15, -0.1) is 0 Å². The van der Waals surface area contributed by atoms with Crippen molar-refractivity contribution in [1.82, 2.24) is 39.9 Å². The van der Waals surface area contributed by atoms with Crippen LogP contribution in [-0.4, -0.2) is 191 Å². The molecule has 0 saturated carbocycles. The minimum atomic E-state index is -4.02. The summed E-state index contributed by atoms with van der Waals surface area (Å²) < 4.78 is 141. The molecule has 0 aliphatic carbocycles. The number of aryl methyl sites for hydroxylation is 8. The summed E-state index contributed by atoms with van der Waals surface area (Å²) in [6.07, 6.45) is 21.4. The molecule has 9 heterocycles. The fourth-order valence-electron chi connectivity index (χ4n) is 12.4. The van der Waals surface area contributed by atoms with Gasteiger partial charge in [0.05, 0.1) is 95.2 Å². The summed E-state index contributed by atoms with van der Waals surface area (Å²) >= 11 is 0. The second kappa shape index (κ2) is 45.7. The van der Waals surface area contributed by atoms with E-state index < -0.39 is 40.5 Å². The van der Waals surface area contributed by atoms with Gasteiger partial charge in [-0.2, -0.15) is 33.7 Å². The largest absolute Gasteiger partial charge is 0.394 e. The number of aromatic nitrogens is 8. The molecule has 0 amide bonds. The Morgan fingerprint density at radius 3 is 0.667 bits per heavy atom. The molecular formula is C88H98N8O20S4. The van der Waals surface area contributed by atoms with Gasteiger partial charge in [0.2, 0.25) is 0 Å². The standard InChI is InChI=1S/C60H66N8O8.4C7H8O3S/c69-25-33-73-29-1-5-45-37-41(17-21-61-45)57-49-9-11-51(65-49)58(42-18-22-62-46(38-42)6-2-30-74-34-26-70)53-13-15-55(67-53)60(44-20-24-64-48(40-44)8-4-32-76-36-28-72)56-16-14-54(68-56)59(52-12-10-50(57)66-52)43-19-23-63-47(39-43)7-3-31-75-35-27-71;4*1-6-2-4-7(5-3-6)11(8,9)10/h9-24,37-40,65,68-72H,1-8,25-36H2;4*2-5H,1H3,(H,8,9,10). The van der Waals surface area contributed by atoms with E-state index in [0.29, 0.717) is 78.5 Å². The Hall–Kier alpha value is -10.6. The quantitative estimate of drug-likeness (QED) is 0.0138. The Bertz CT molecular complexity index is 5220. The fourth-order valence-corrected chi connectivity index (χ4v) is 14.4. The number of nitrogens with one attached hydrogen (secondary N) is 2. The van der Waals surface area contributed by atoms with Crippen LogP contribution in [0, 0.1) is 27.7 Å². The monoisotopic (exact) mass is 1710 g/mol. The molecule has 10 N–H and O–H groups in total. The average Bonchev–Trinajstić information content (AvgIpc) is 1.61. The van der Waals surface area contributed by atoms with Crippen LogP contribution in [0.4, 0.5) is 0 Å². The van der Waals surface area contributed by atoms with E-state index in [4.69, 9.17) is 67.1 Å². The zero-order valence-corrected chi connectivity index (χ0v) is 70.0. The van der Waals surface area contributed by atoms with E-state index in [1.807, 2.05) is 76.7 Å². The second-order valence-corrected chi connectivity index (χ2v) is 33.2. The topological polar surface area (TPSA) is 444 Å². The lowest BCUT2D eigenvalue weighted by Gasteiger charge is -2.09. The molecule has 8 bridgehead atoms. The van der Waals surface area contributed by atoms with E-state index in [1.165, 1.54) is 48.5 Å². The highest BCUT2D eigenvalue weighted by Gasteiger charge is 2.22. The van der Waals surface area contributed by atoms with Crippen LogP contribution >= 0.6 is 0 Å². The third-order valence-corrected chi connectivity index (χ3v) is 21.8. The Kier molecular flexibility index (Phi) is 35.5. The molecule has 2 aliphatic heterocycles. The predicted octanol–water partition coefficient (Wildman–Crippen LogP) is 13.6. The number of hydrogen-bond donors (Lipinski definition) is 10. The molecule has 0 atom stereocenters. The lowest BCUT2D eigenvalue weighted by Crippen LogP contribution is -2.02. The van der Waals surface area contributed by atoms with Gasteiger partial charge in [-0.3, -0.25) is 38.1 Å². The molecule has 11 aromatic rings. The Morgan fingerprint density at radius 2 is 0.483 bits per heavy atom. The van der Waals surface area contributed by atoms with E-state index >= 15 is 0 Å². The first-order chi connectivity index (χ1) is 57.5. The smallest absolute Gasteiger partial charge is 0.294 e. The zero-order valence-electron chi connectivity index (χ0n) is 66.7. The van der Waals surface area contributed by atoms with Crippen molar-refractivity contribution in [2.45, 2.75) is 98.6 Å². The maximum atomic E-state index is 10.5. The summed E-state index contributed by atoms with van der Waals surface area (Å²) in [6, 6.07) is 49.0. The SMILES string of the molecule is Cc1ccc(S(=O)(=O)O)cc1.Cc1ccc(S(=O)(=O)O)cc1.Cc1ccc(S(=O)(=O)O)cc1.Cc1ccc(S(=O)(=O)O)cc1.OCCOCCCc1cc(-c2c3nc(c(-c4ccnc(CCCOCCO)c4)c4ccc([nH]4)c(-c4ccnc(CCCOCCO)c4)c4nc(c(-c5ccnc(CCCOCCO)c5)c5ccc2[nH]5)C=C4)C=C3)ccn1. The Balaban J connectivity index is 0.000000296. The first-order valence-corrected chi connectivity index (χ1v) is 44.2. The molecule has 13 rings (SSSR count). The van der Waals surface area contributed by atoms with Crippen LogP contribution in [-0.2, 0) is 85.1 Å². The number of aliphatic hydroxyl groups is 4. The highest BCUT2D eigenvalue weighted by Crippen LogP contribution is 2.39. The van der Waals surface area contributed by atoms with Gasteiger partial charge in [0.15, 0.2) is 0 Å². The Morgan fingerprint density at radius 1 is 0.283 bits per heavy atom. The van der Waals surface area contributed by atoms with E-state index in [9.17, 15) is 54.1 Å². The summed E-state index contributed by atoms with van der Waals surface area (Å²) in [6.45, 7) is 10.5. The van der Waals surface area contributed by atoms with Crippen molar-refractivity contribution in [3.63, 3.8) is 0 Å². The van der Waals surface area contributed by atoms with Gasteiger partial charge in [0, 0.05) is 118 Å². The van der Waals surface area contributed by atoms with Gasteiger partial charge >= 0.3 is 0 Å². The summed E-state index contributed by atoms with van der Waals surface area (Å²) in [5, 5.41) is 37.0. The summed E-state index contributed by atoms with van der Waals surface area (Å²) in [5.74, 6) is 0. The van der Waals surface area contributed by atoms with E-state index in [1.54, 1.807) is 48.5 Å². The van der Waals surface area contributed by atoms with Gasteiger partial charge in [-0.1, -0.05) is 70.8 Å². The maximum absolute atomic E-state index is 10.5. The van der Waals surface area contributed by atoms with Gasteiger partial charge in [0.25, 0.3) is 40.5 Å². The van der Waals surface area contributed by atoms with E-state index in [-0.39, 0.29) is 46.0 Å². The number of rotatable bonds is 32. The molecule has 634 valence electrons. The van der Waals surface area contributed by atoms with Crippen molar-refractivity contribution in [1.29, 1.82) is 0 Å². The van der Waals surface area contributed by atoms with Crippen molar-refractivity contribution in [2.75, 3.05) is 79.3 Å². The summed E-state index contributed by atoms with van der Waals surface area (Å²) in [5.41, 5.74) is 21.3. The zero-order chi connectivity index (χ0) is 86.2. The first kappa shape index (κ1) is 93.3. The molecule has 0 unspecified atom stereocenters. The number of aliphatic hydroxyl groups excluding tert-OH is 4. The molecule has 0 saturated heterocycles. The van der Waals surface area contributed by atoms with Crippen LogP contribution in [0.5, 0.6) is 0 Å². The fraction of sp³-hybridized carbons (Fsp3) is 0.273. The van der Waals surface area contributed by atoms with Gasteiger partial charge in [-0.25, -0.2) is 9.97 Å². The van der Waals surface area contributed by atoms with Crippen molar-refractivity contribution in [2.24, 2.45) is 0 Å². The summed E-state index contributed by atoms with van der Waals surface area (Å²) in [4.78, 5) is 37.5. The van der Waals surface area contributed by atoms with Crippen molar-refractivity contribution >= 4 is 86.8 Å².